The Balaban J connectivity index is 2.15. The number of rotatable bonds is 3. The van der Waals surface area contributed by atoms with Crippen LogP contribution in [-0.2, 0) is 0 Å². The van der Waals surface area contributed by atoms with Crippen molar-refractivity contribution < 1.29 is 4.42 Å². The molecule has 0 spiro atoms. The fourth-order valence-electron chi connectivity index (χ4n) is 2.16. The van der Waals surface area contributed by atoms with Gasteiger partial charge in [-0.3, -0.25) is 0 Å². The first-order valence-electron chi connectivity index (χ1n) is 5.67. The summed E-state index contributed by atoms with van der Waals surface area (Å²) in [7, 11) is 1.95. The van der Waals surface area contributed by atoms with Gasteiger partial charge in [0.25, 0.3) is 0 Å². The molecule has 18 heavy (non-hydrogen) atoms. The van der Waals surface area contributed by atoms with Gasteiger partial charge in [-0.2, -0.15) is 0 Å². The van der Waals surface area contributed by atoms with Crippen molar-refractivity contribution in [2.75, 3.05) is 7.05 Å². The first kappa shape index (κ1) is 12.0. The molecule has 0 amide bonds. The Labute approximate surface area is 118 Å². The Hall–Kier alpha value is -1.10. The smallest absolute Gasteiger partial charge is 0.139 e. The number of halogens is 1. The summed E-state index contributed by atoms with van der Waals surface area (Å²) in [4.78, 5) is 0. The zero-order valence-corrected chi connectivity index (χ0v) is 12.2. The quantitative estimate of drug-likeness (QED) is 0.764. The molecule has 0 bridgehead atoms. The van der Waals surface area contributed by atoms with Crippen LogP contribution in [-0.4, -0.2) is 7.05 Å². The molecule has 3 aromatic rings. The normalized spacial score (nSPS) is 13.0. The highest BCUT2D eigenvalue weighted by Crippen LogP contribution is 2.36. The van der Waals surface area contributed by atoms with Crippen LogP contribution in [0.15, 0.2) is 50.9 Å². The molecular formula is C14H12BrNOS. The van der Waals surface area contributed by atoms with Gasteiger partial charge in [-0.25, -0.2) is 0 Å². The molecule has 0 aliphatic carbocycles. The van der Waals surface area contributed by atoms with E-state index < -0.39 is 0 Å². The summed E-state index contributed by atoms with van der Waals surface area (Å²) in [5, 5.41) is 6.80. The molecule has 1 N–H and O–H groups in total. The topological polar surface area (TPSA) is 25.2 Å². The van der Waals surface area contributed by atoms with Crippen LogP contribution in [0.3, 0.4) is 0 Å². The highest BCUT2D eigenvalue weighted by Gasteiger charge is 2.21. The van der Waals surface area contributed by atoms with E-state index in [0.717, 1.165) is 10.2 Å². The average molecular weight is 322 g/mol. The Kier molecular flexibility index (Phi) is 3.24. The van der Waals surface area contributed by atoms with Crippen molar-refractivity contribution in [3.8, 4) is 0 Å². The van der Waals surface area contributed by atoms with Crippen LogP contribution in [0.2, 0.25) is 0 Å². The van der Waals surface area contributed by atoms with E-state index in [1.54, 1.807) is 17.6 Å². The number of hydrogen-bond acceptors (Lipinski definition) is 3. The van der Waals surface area contributed by atoms with Gasteiger partial charge in [0.05, 0.1) is 16.8 Å². The molecule has 0 saturated heterocycles. The minimum atomic E-state index is 0.0746. The van der Waals surface area contributed by atoms with Gasteiger partial charge >= 0.3 is 0 Å². The lowest BCUT2D eigenvalue weighted by Crippen LogP contribution is -2.16. The van der Waals surface area contributed by atoms with E-state index in [0.29, 0.717) is 0 Å². The molecule has 2 nitrogen and oxygen atoms in total. The Bertz CT molecular complexity index is 673. The molecule has 0 radical (unpaired) electrons. The van der Waals surface area contributed by atoms with E-state index >= 15 is 0 Å². The molecule has 1 aromatic carbocycles. The first-order valence-corrected chi connectivity index (χ1v) is 7.35. The molecule has 2 aromatic heterocycles. The van der Waals surface area contributed by atoms with Crippen molar-refractivity contribution in [1.29, 1.82) is 0 Å². The molecule has 4 heteroatoms. The second-order valence-corrected chi connectivity index (χ2v) is 5.81. The summed E-state index contributed by atoms with van der Waals surface area (Å²) >= 11 is 5.29. The highest BCUT2D eigenvalue weighted by molar-refractivity contribution is 9.10. The van der Waals surface area contributed by atoms with Crippen LogP contribution in [0.4, 0.5) is 0 Å². The predicted octanol–water partition coefficient (Wildman–Crippen LogP) is 4.57. The van der Waals surface area contributed by atoms with Crippen molar-refractivity contribution >= 4 is 37.4 Å². The van der Waals surface area contributed by atoms with Crippen LogP contribution in [0.25, 0.3) is 10.1 Å². The largest absolute Gasteiger partial charge is 0.466 e. The van der Waals surface area contributed by atoms with Crippen molar-refractivity contribution in [3.05, 3.63) is 57.8 Å². The van der Waals surface area contributed by atoms with E-state index in [1.165, 1.54) is 15.6 Å². The Morgan fingerprint density at radius 1 is 1.28 bits per heavy atom. The summed E-state index contributed by atoms with van der Waals surface area (Å²) in [6.45, 7) is 0. The third kappa shape index (κ3) is 1.90. The van der Waals surface area contributed by atoms with E-state index in [2.05, 4.69) is 50.9 Å². The minimum Gasteiger partial charge on any atom is -0.466 e. The van der Waals surface area contributed by atoms with Crippen LogP contribution in [0.5, 0.6) is 0 Å². The standard InChI is InChI=1S/C14H12BrNOS/c1-16-13(14-11(15)6-7-17-14)10-8-18-12-5-3-2-4-9(10)12/h2-8,13,16H,1H3. The lowest BCUT2D eigenvalue weighted by Gasteiger charge is -2.13. The van der Waals surface area contributed by atoms with Gasteiger partial charge in [0, 0.05) is 4.70 Å². The fourth-order valence-corrected chi connectivity index (χ4v) is 3.58. The monoisotopic (exact) mass is 321 g/mol. The number of thiophene rings is 1. The van der Waals surface area contributed by atoms with Gasteiger partial charge in [0.2, 0.25) is 0 Å². The lowest BCUT2D eigenvalue weighted by molar-refractivity contribution is 0.462. The number of benzene rings is 1. The maximum absolute atomic E-state index is 5.59. The summed E-state index contributed by atoms with van der Waals surface area (Å²) < 4.78 is 7.88. The van der Waals surface area contributed by atoms with Crippen molar-refractivity contribution in [2.45, 2.75) is 6.04 Å². The van der Waals surface area contributed by atoms with Crippen LogP contribution >= 0.6 is 27.3 Å². The zero-order valence-electron chi connectivity index (χ0n) is 9.81. The van der Waals surface area contributed by atoms with E-state index in [9.17, 15) is 0 Å². The maximum atomic E-state index is 5.59. The van der Waals surface area contributed by atoms with E-state index in [1.807, 2.05) is 13.1 Å². The molecule has 0 aliphatic rings. The van der Waals surface area contributed by atoms with Gasteiger partial charge in [-0.05, 0) is 51.4 Å². The van der Waals surface area contributed by atoms with Crippen LogP contribution < -0.4 is 5.32 Å². The number of furan rings is 1. The van der Waals surface area contributed by atoms with Crippen LogP contribution in [0.1, 0.15) is 17.4 Å². The zero-order chi connectivity index (χ0) is 12.5. The van der Waals surface area contributed by atoms with Gasteiger partial charge in [0.1, 0.15) is 5.76 Å². The second kappa shape index (κ2) is 4.88. The van der Waals surface area contributed by atoms with Gasteiger partial charge in [0.15, 0.2) is 0 Å². The summed E-state index contributed by atoms with van der Waals surface area (Å²) in [6.07, 6.45) is 1.71. The Morgan fingerprint density at radius 2 is 2.11 bits per heavy atom. The molecule has 2 heterocycles. The first-order chi connectivity index (χ1) is 8.81. The molecule has 0 aliphatic heterocycles. The number of hydrogen-bond donors (Lipinski definition) is 1. The van der Waals surface area contributed by atoms with Crippen molar-refractivity contribution in [1.82, 2.24) is 5.32 Å². The van der Waals surface area contributed by atoms with E-state index in [4.69, 9.17) is 4.42 Å². The second-order valence-electron chi connectivity index (χ2n) is 4.04. The van der Waals surface area contributed by atoms with Crippen LogP contribution in [0, 0.1) is 0 Å². The molecule has 3 rings (SSSR count). The molecule has 1 unspecified atom stereocenters. The molecule has 92 valence electrons. The summed E-state index contributed by atoms with van der Waals surface area (Å²) in [5.74, 6) is 0.918. The average Bonchev–Trinajstić information content (AvgIpc) is 2.99. The number of nitrogens with one attached hydrogen (secondary N) is 1. The summed E-state index contributed by atoms with van der Waals surface area (Å²) in [6, 6.07) is 10.4. The lowest BCUT2D eigenvalue weighted by atomic mass is 10.0. The van der Waals surface area contributed by atoms with Gasteiger partial charge in [-0.15, -0.1) is 11.3 Å². The predicted molar refractivity (Wildman–Crippen MR) is 79.1 cm³/mol. The van der Waals surface area contributed by atoms with Crippen molar-refractivity contribution in [3.63, 3.8) is 0 Å². The third-order valence-corrected chi connectivity index (χ3v) is 4.65. The van der Waals surface area contributed by atoms with E-state index in [-0.39, 0.29) is 6.04 Å². The maximum Gasteiger partial charge on any atom is 0.139 e. The molecule has 0 fully saturated rings. The Morgan fingerprint density at radius 3 is 2.83 bits per heavy atom. The van der Waals surface area contributed by atoms with Gasteiger partial charge < -0.3 is 9.73 Å². The molecular weight excluding hydrogens is 310 g/mol. The van der Waals surface area contributed by atoms with Crippen molar-refractivity contribution in [2.24, 2.45) is 0 Å². The SMILES string of the molecule is CNC(c1occc1Br)c1csc2ccccc12. The highest BCUT2D eigenvalue weighted by atomic mass is 79.9. The summed E-state index contributed by atoms with van der Waals surface area (Å²) in [5.41, 5.74) is 1.26. The number of fused-ring (bicyclic) bond motifs is 1. The third-order valence-electron chi connectivity index (χ3n) is 3.02. The minimum absolute atomic E-state index is 0.0746. The molecule has 0 saturated carbocycles. The van der Waals surface area contributed by atoms with Gasteiger partial charge in [-0.1, -0.05) is 18.2 Å². The fraction of sp³-hybridized carbons (Fsp3) is 0.143. The molecule has 1 atom stereocenters.